The molecular formula is C22H26ClNO3. The molecule has 5 heteroatoms. The van der Waals surface area contributed by atoms with E-state index in [4.69, 9.17) is 21.4 Å². The number of benzene rings is 2. The van der Waals surface area contributed by atoms with Crippen molar-refractivity contribution in [2.45, 2.75) is 38.1 Å². The summed E-state index contributed by atoms with van der Waals surface area (Å²) >= 11 is 5.93. The zero-order valence-corrected chi connectivity index (χ0v) is 16.2. The van der Waals surface area contributed by atoms with Crippen LogP contribution in [0.3, 0.4) is 0 Å². The smallest absolute Gasteiger partial charge is 0.303 e. The summed E-state index contributed by atoms with van der Waals surface area (Å²) in [4.78, 5) is 13.0. The zero-order chi connectivity index (χ0) is 19.1. The molecule has 1 aliphatic rings. The van der Waals surface area contributed by atoms with Gasteiger partial charge in [0.2, 0.25) is 0 Å². The zero-order valence-electron chi connectivity index (χ0n) is 15.4. The molecule has 0 amide bonds. The van der Waals surface area contributed by atoms with E-state index in [1.165, 1.54) is 11.1 Å². The van der Waals surface area contributed by atoms with Gasteiger partial charge < -0.3 is 9.84 Å². The number of hydrogen-bond acceptors (Lipinski definition) is 3. The van der Waals surface area contributed by atoms with Gasteiger partial charge >= 0.3 is 5.97 Å². The number of carboxylic acids is 1. The Morgan fingerprint density at radius 1 is 1.11 bits per heavy atom. The summed E-state index contributed by atoms with van der Waals surface area (Å²) in [6.45, 7) is 2.53. The fourth-order valence-corrected chi connectivity index (χ4v) is 3.67. The van der Waals surface area contributed by atoms with E-state index in [-0.39, 0.29) is 6.42 Å². The highest BCUT2D eigenvalue weighted by Crippen LogP contribution is 2.21. The second-order valence-corrected chi connectivity index (χ2v) is 7.52. The average molecular weight is 388 g/mol. The molecule has 0 radical (unpaired) electrons. The first-order valence-electron chi connectivity index (χ1n) is 9.52. The Balaban J connectivity index is 1.46. The molecule has 2 aromatic rings. The van der Waals surface area contributed by atoms with Gasteiger partial charge in [0.1, 0.15) is 12.4 Å². The Labute approximate surface area is 165 Å². The van der Waals surface area contributed by atoms with Gasteiger partial charge in [-0.2, -0.15) is 0 Å². The van der Waals surface area contributed by atoms with Crippen LogP contribution in [0.15, 0.2) is 48.5 Å². The first kappa shape index (κ1) is 19.7. The summed E-state index contributed by atoms with van der Waals surface area (Å²) in [5, 5.41) is 9.54. The third-order valence-electron chi connectivity index (χ3n) is 5.02. The van der Waals surface area contributed by atoms with Gasteiger partial charge in [-0.05, 0) is 74.2 Å². The number of nitrogens with zero attached hydrogens (tertiary/aromatic N) is 1. The van der Waals surface area contributed by atoms with Gasteiger partial charge in [-0.15, -0.1) is 0 Å². The monoisotopic (exact) mass is 387 g/mol. The number of halogens is 1. The molecule has 0 aliphatic carbocycles. The summed E-state index contributed by atoms with van der Waals surface area (Å²) in [5.41, 5.74) is 2.47. The van der Waals surface area contributed by atoms with Crippen molar-refractivity contribution in [1.82, 2.24) is 4.90 Å². The van der Waals surface area contributed by atoms with Gasteiger partial charge in [-0.1, -0.05) is 35.9 Å². The maximum absolute atomic E-state index is 10.7. The second-order valence-electron chi connectivity index (χ2n) is 7.09. The standard InChI is InChI=1S/C22H26ClNO3/c23-19-9-5-17(6-10-19)15-18-7-11-21(12-8-18)27-16-20-3-1-13-24(20)14-2-4-22(25)26/h5-12,20H,1-4,13-16H2,(H,25,26)/t20-/m1/s1. The van der Waals surface area contributed by atoms with Crippen molar-refractivity contribution in [3.63, 3.8) is 0 Å². The molecule has 0 bridgehead atoms. The third-order valence-corrected chi connectivity index (χ3v) is 5.27. The fourth-order valence-electron chi connectivity index (χ4n) is 3.55. The molecule has 1 fully saturated rings. The molecule has 0 aromatic heterocycles. The van der Waals surface area contributed by atoms with E-state index in [1.54, 1.807) is 0 Å². The lowest BCUT2D eigenvalue weighted by Gasteiger charge is -2.24. The Bertz CT molecular complexity index is 730. The molecule has 4 nitrogen and oxygen atoms in total. The maximum Gasteiger partial charge on any atom is 0.303 e. The van der Waals surface area contributed by atoms with Crippen LogP contribution < -0.4 is 4.74 Å². The van der Waals surface area contributed by atoms with Gasteiger partial charge in [-0.25, -0.2) is 0 Å². The lowest BCUT2D eigenvalue weighted by Crippen LogP contribution is -2.35. The van der Waals surface area contributed by atoms with Crippen molar-refractivity contribution >= 4 is 17.6 Å². The normalized spacial score (nSPS) is 17.1. The molecule has 1 atom stereocenters. The average Bonchev–Trinajstić information content (AvgIpc) is 3.10. The van der Waals surface area contributed by atoms with E-state index in [9.17, 15) is 4.79 Å². The number of ether oxygens (including phenoxy) is 1. The molecule has 27 heavy (non-hydrogen) atoms. The lowest BCUT2D eigenvalue weighted by molar-refractivity contribution is -0.137. The van der Waals surface area contributed by atoms with Crippen molar-refractivity contribution in [1.29, 1.82) is 0 Å². The van der Waals surface area contributed by atoms with Gasteiger partial charge in [0.05, 0.1) is 0 Å². The van der Waals surface area contributed by atoms with E-state index in [0.29, 0.717) is 19.1 Å². The number of carbonyl (C=O) groups is 1. The molecule has 0 unspecified atom stereocenters. The van der Waals surface area contributed by atoms with Crippen LogP contribution in [0.1, 0.15) is 36.8 Å². The summed E-state index contributed by atoms with van der Waals surface area (Å²) < 4.78 is 5.99. The van der Waals surface area contributed by atoms with Gasteiger partial charge in [0.25, 0.3) is 0 Å². The van der Waals surface area contributed by atoms with E-state index in [0.717, 1.165) is 43.1 Å². The van der Waals surface area contributed by atoms with E-state index >= 15 is 0 Å². The minimum atomic E-state index is -0.722. The van der Waals surface area contributed by atoms with E-state index in [1.807, 2.05) is 36.4 Å². The topological polar surface area (TPSA) is 49.8 Å². The number of aliphatic carboxylic acids is 1. The molecule has 144 valence electrons. The summed E-state index contributed by atoms with van der Waals surface area (Å²) in [7, 11) is 0. The molecular weight excluding hydrogens is 362 g/mol. The van der Waals surface area contributed by atoms with Crippen molar-refractivity contribution in [2.24, 2.45) is 0 Å². The third kappa shape index (κ3) is 6.26. The van der Waals surface area contributed by atoms with Gasteiger partial charge in [0.15, 0.2) is 0 Å². The van der Waals surface area contributed by atoms with Gasteiger partial charge in [0, 0.05) is 17.5 Å². The molecule has 1 heterocycles. The molecule has 1 aliphatic heterocycles. The molecule has 2 aromatic carbocycles. The van der Waals surface area contributed by atoms with Crippen LogP contribution in [-0.4, -0.2) is 41.7 Å². The Morgan fingerprint density at radius 2 is 1.78 bits per heavy atom. The van der Waals surface area contributed by atoms with Crippen molar-refractivity contribution < 1.29 is 14.6 Å². The highest BCUT2D eigenvalue weighted by Gasteiger charge is 2.24. The van der Waals surface area contributed by atoms with Crippen LogP contribution in [0.2, 0.25) is 5.02 Å². The molecule has 1 N–H and O–H groups in total. The van der Waals surface area contributed by atoms with Crippen LogP contribution in [0.5, 0.6) is 5.75 Å². The van der Waals surface area contributed by atoms with E-state index in [2.05, 4.69) is 17.0 Å². The predicted molar refractivity (Wildman–Crippen MR) is 108 cm³/mol. The Kier molecular flexibility index (Phi) is 7.13. The molecule has 0 saturated carbocycles. The summed E-state index contributed by atoms with van der Waals surface area (Å²) in [6.07, 6.45) is 4.07. The highest BCUT2D eigenvalue weighted by molar-refractivity contribution is 6.30. The lowest BCUT2D eigenvalue weighted by atomic mass is 10.1. The Morgan fingerprint density at radius 3 is 2.44 bits per heavy atom. The van der Waals surface area contributed by atoms with Crippen molar-refractivity contribution in [3.8, 4) is 5.75 Å². The summed E-state index contributed by atoms with van der Waals surface area (Å²) in [6, 6.07) is 16.6. The van der Waals surface area contributed by atoms with Crippen molar-refractivity contribution in [3.05, 3.63) is 64.7 Å². The molecule has 3 rings (SSSR count). The second kappa shape index (κ2) is 9.77. The maximum atomic E-state index is 10.7. The minimum absolute atomic E-state index is 0.235. The number of likely N-dealkylation sites (tertiary alicyclic amines) is 1. The van der Waals surface area contributed by atoms with Crippen LogP contribution in [0, 0.1) is 0 Å². The Hall–Kier alpha value is -2.04. The number of rotatable bonds is 9. The largest absolute Gasteiger partial charge is 0.492 e. The van der Waals surface area contributed by atoms with Gasteiger partial charge in [-0.3, -0.25) is 9.69 Å². The van der Waals surface area contributed by atoms with Crippen LogP contribution in [0.25, 0.3) is 0 Å². The SMILES string of the molecule is O=C(O)CCCN1CCC[C@@H]1COc1ccc(Cc2ccc(Cl)cc2)cc1. The highest BCUT2D eigenvalue weighted by atomic mass is 35.5. The molecule has 0 spiro atoms. The minimum Gasteiger partial charge on any atom is -0.492 e. The fraction of sp³-hybridized carbons (Fsp3) is 0.409. The predicted octanol–water partition coefficient (Wildman–Crippen LogP) is 4.64. The van der Waals surface area contributed by atoms with Crippen LogP contribution in [-0.2, 0) is 11.2 Å². The van der Waals surface area contributed by atoms with E-state index < -0.39 is 5.97 Å². The summed E-state index contributed by atoms with van der Waals surface area (Å²) in [5.74, 6) is 0.160. The first-order valence-corrected chi connectivity index (χ1v) is 9.90. The van der Waals surface area contributed by atoms with Crippen LogP contribution >= 0.6 is 11.6 Å². The number of carboxylic acid groups (broad SMARTS) is 1. The first-order chi connectivity index (χ1) is 13.1. The van der Waals surface area contributed by atoms with Crippen molar-refractivity contribution in [2.75, 3.05) is 19.7 Å². The van der Waals surface area contributed by atoms with Crippen LogP contribution in [0.4, 0.5) is 0 Å². The quantitative estimate of drug-likeness (QED) is 0.681. The molecule has 1 saturated heterocycles. The number of hydrogen-bond donors (Lipinski definition) is 1.